The van der Waals surface area contributed by atoms with Gasteiger partial charge in [-0.15, -0.1) is 0 Å². The Morgan fingerprint density at radius 3 is 2.65 bits per heavy atom. The van der Waals surface area contributed by atoms with Crippen molar-refractivity contribution in [1.82, 2.24) is 9.88 Å². The Morgan fingerprint density at radius 2 is 2.00 bits per heavy atom. The summed E-state index contributed by atoms with van der Waals surface area (Å²) in [7, 11) is 2.26. The van der Waals surface area contributed by atoms with E-state index in [-0.39, 0.29) is 0 Å². The molecule has 2 bridgehead atoms. The molecule has 2 saturated heterocycles. The van der Waals surface area contributed by atoms with E-state index in [2.05, 4.69) is 28.3 Å². The number of aryl methyl sites for hydroxylation is 1. The van der Waals surface area contributed by atoms with Crippen LogP contribution in [0.1, 0.15) is 43.4 Å². The first-order valence-corrected chi connectivity index (χ1v) is 7.53. The van der Waals surface area contributed by atoms with Crippen molar-refractivity contribution in [3.63, 3.8) is 0 Å². The SMILES string of the molecule is Cc1ccc(C#N)c(NC2CC3CCCC(C2)N3C)n1. The fraction of sp³-hybridized carbons (Fsp3) is 0.625. The number of nitrogens with one attached hydrogen (secondary N) is 1. The van der Waals surface area contributed by atoms with Crippen LogP contribution in [0.25, 0.3) is 0 Å². The molecule has 0 aliphatic carbocycles. The van der Waals surface area contributed by atoms with Crippen molar-refractivity contribution in [3.8, 4) is 6.07 Å². The van der Waals surface area contributed by atoms with Gasteiger partial charge in [0, 0.05) is 23.8 Å². The molecule has 1 aromatic heterocycles. The minimum Gasteiger partial charge on any atom is -0.366 e. The van der Waals surface area contributed by atoms with Gasteiger partial charge in [-0.05, 0) is 51.8 Å². The highest BCUT2D eigenvalue weighted by Gasteiger charge is 2.36. The molecule has 2 aliphatic rings. The van der Waals surface area contributed by atoms with Gasteiger partial charge in [-0.3, -0.25) is 0 Å². The first-order chi connectivity index (χ1) is 9.67. The molecular formula is C16H22N4. The maximum absolute atomic E-state index is 9.20. The molecule has 2 unspecified atom stereocenters. The van der Waals surface area contributed by atoms with Crippen LogP contribution in [-0.2, 0) is 0 Å². The number of aromatic nitrogens is 1. The van der Waals surface area contributed by atoms with Gasteiger partial charge in [0.2, 0.25) is 0 Å². The zero-order valence-corrected chi connectivity index (χ0v) is 12.3. The monoisotopic (exact) mass is 270 g/mol. The number of nitrogens with zero attached hydrogens (tertiary/aromatic N) is 3. The van der Waals surface area contributed by atoms with Crippen LogP contribution >= 0.6 is 0 Å². The minimum atomic E-state index is 0.447. The Bertz CT molecular complexity index is 520. The van der Waals surface area contributed by atoms with Gasteiger partial charge < -0.3 is 10.2 Å². The number of hydrogen-bond donors (Lipinski definition) is 1. The molecule has 3 heterocycles. The topological polar surface area (TPSA) is 52.0 Å². The fourth-order valence-electron chi connectivity index (χ4n) is 3.68. The Kier molecular flexibility index (Phi) is 3.62. The molecule has 4 nitrogen and oxygen atoms in total. The van der Waals surface area contributed by atoms with Crippen LogP contribution < -0.4 is 5.32 Å². The Hall–Kier alpha value is -1.60. The highest BCUT2D eigenvalue weighted by atomic mass is 15.2. The molecular weight excluding hydrogens is 248 g/mol. The van der Waals surface area contributed by atoms with Crippen LogP contribution in [-0.4, -0.2) is 35.1 Å². The van der Waals surface area contributed by atoms with Crippen molar-refractivity contribution in [2.24, 2.45) is 0 Å². The van der Waals surface area contributed by atoms with Gasteiger partial charge in [0.1, 0.15) is 11.9 Å². The van der Waals surface area contributed by atoms with Crippen LogP contribution in [0.4, 0.5) is 5.82 Å². The molecule has 0 spiro atoms. The van der Waals surface area contributed by atoms with Crippen molar-refractivity contribution >= 4 is 5.82 Å². The molecule has 2 fully saturated rings. The molecule has 2 aliphatic heterocycles. The second-order valence-corrected chi connectivity index (χ2v) is 6.18. The smallest absolute Gasteiger partial charge is 0.144 e. The Labute approximate surface area is 120 Å². The van der Waals surface area contributed by atoms with E-state index in [0.29, 0.717) is 23.7 Å². The maximum atomic E-state index is 9.20. The van der Waals surface area contributed by atoms with Gasteiger partial charge >= 0.3 is 0 Å². The van der Waals surface area contributed by atoms with Crippen molar-refractivity contribution < 1.29 is 0 Å². The van der Waals surface area contributed by atoms with E-state index in [0.717, 1.165) is 24.4 Å². The number of nitriles is 1. The lowest BCUT2D eigenvalue weighted by Crippen LogP contribution is -2.52. The van der Waals surface area contributed by atoms with Gasteiger partial charge in [-0.1, -0.05) is 6.42 Å². The van der Waals surface area contributed by atoms with Crippen molar-refractivity contribution in [3.05, 3.63) is 23.4 Å². The van der Waals surface area contributed by atoms with Gasteiger partial charge in [-0.2, -0.15) is 5.26 Å². The average molecular weight is 270 g/mol. The lowest BCUT2D eigenvalue weighted by molar-refractivity contribution is 0.0608. The van der Waals surface area contributed by atoms with Crippen LogP contribution in [0.5, 0.6) is 0 Å². The summed E-state index contributed by atoms with van der Waals surface area (Å²) < 4.78 is 0. The summed E-state index contributed by atoms with van der Waals surface area (Å²) in [5.41, 5.74) is 1.61. The number of pyridine rings is 1. The third kappa shape index (κ3) is 2.51. The number of rotatable bonds is 2. The molecule has 0 aromatic carbocycles. The van der Waals surface area contributed by atoms with Gasteiger partial charge in [0.25, 0.3) is 0 Å². The zero-order valence-electron chi connectivity index (χ0n) is 12.3. The van der Waals surface area contributed by atoms with Crippen LogP contribution in [0.3, 0.4) is 0 Å². The molecule has 0 saturated carbocycles. The Balaban J connectivity index is 1.76. The summed E-state index contributed by atoms with van der Waals surface area (Å²) in [6.45, 7) is 1.97. The van der Waals surface area contributed by atoms with Crippen molar-refractivity contribution in [2.45, 2.75) is 57.2 Å². The summed E-state index contributed by atoms with van der Waals surface area (Å²) in [6, 6.07) is 7.82. The molecule has 20 heavy (non-hydrogen) atoms. The third-order valence-electron chi connectivity index (χ3n) is 4.84. The molecule has 1 N–H and O–H groups in total. The summed E-state index contributed by atoms with van der Waals surface area (Å²) >= 11 is 0. The highest BCUT2D eigenvalue weighted by molar-refractivity contribution is 5.52. The summed E-state index contributed by atoms with van der Waals surface area (Å²) in [5, 5.41) is 12.7. The first-order valence-electron chi connectivity index (χ1n) is 7.53. The first kappa shape index (κ1) is 13.4. The maximum Gasteiger partial charge on any atom is 0.144 e. The lowest BCUT2D eigenvalue weighted by Gasteiger charge is -2.47. The molecule has 1 aromatic rings. The van der Waals surface area contributed by atoms with Crippen LogP contribution in [0, 0.1) is 18.3 Å². The third-order valence-corrected chi connectivity index (χ3v) is 4.84. The lowest BCUT2D eigenvalue weighted by atomic mass is 9.82. The van der Waals surface area contributed by atoms with Gasteiger partial charge in [0.15, 0.2) is 0 Å². The minimum absolute atomic E-state index is 0.447. The quantitative estimate of drug-likeness (QED) is 0.897. The normalized spacial score (nSPS) is 29.8. The fourth-order valence-corrected chi connectivity index (χ4v) is 3.68. The number of fused-ring (bicyclic) bond motifs is 2. The van der Waals surface area contributed by atoms with E-state index >= 15 is 0 Å². The summed E-state index contributed by atoms with van der Waals surface area (Å²) in [6.07, 6.45) is 6.29. The predicted octanol–water partition coefficient (Wildman–Crippen LogP) is 2.69. The number of hydrogen-bond acceptors (Lipinski definition) is 4. The standard InChI is InChI=1S/C16H22N4/c1-11-6-7-12(10-17)16(18-11)19-13-8-14-4-3-5-15(9-13)20(14)2/h6-7,13-15H,3-5,8-9H2,1-2H3,(H,18,19). The number of piperidine rings is 2. The second-order valence-electron chi connectivity index (χ2n) is 6.18. The molecule has 0 radical (unpaired) electrons. The van der Waals surface area contributed by atoms with E-state index in [9.17, 15) is 5.26 Å². The summed E-state index contributed by atoms with van der Waals surface area (Å²) in [4.78, 5) is 7.06. The van der Waals surface area contributed by atoms with E-state index in [4.69, 9.17) is 0 Å². The van der Waals surface area contributed by atoms with Crippen LogP contribution in [0.2, 0.25) is 0 Å². The Morgan fingerprint density at radius 1 is 1.30 bits per heavy atom. The second kappa shape index (κ2) is 5.41. The predicted molar refractivity (Wildman–Crippen MR) is 79.5 cm³/mol. The molecule has 4 heteroatoms. The molecule has 0 amide bonds. The van der Waals surface area contributed by atoms with Crippen LogP contribution in [0.15, 0.2) is 12.1 Å². The molecule has 3 rings (SSSR count). The highest BCUT2D eigenvalue weighted by Crippen LogP contribution is 2.34. The van der Waals surface area contributed by atoms with Gasteiger partial charge in [-0.25, -0.2) is 4.98 Å². The van der Waals surface area contributed by atoms with Crippen molar-refractivity contribution in [2.75, 3.05) is 12.4 Å². The van der Waals surface area contributed by atoms with E-state index in [1.807, 2.05) is 19.1 Å². The average Bonchev–Trinajstić information content (AvgIpc) is 2.40. The van der Waals surface area contributed by atoms with E-state index in [1.165, 1.54) is 19.3 Å². The molecule has 2 atom stereocenters. The van der Waals surface area contributed by atoms with E-state index in [1.54, 1.807) is 0 Å². The number of anilines is 1. The largest absolute Gasteiger partial charge is 0.366 e. The molecule has 106 valence electrons. The zero-order chi connectivity index (χ0) is 14.1. The van der Waals surface area contributed by atoms with Gasteiger partial charge in [0.05, 0.1) is 5.56 Å². The summed E-state index contributed by atoms with van der Waals surface area (Å²) in [5.74, 6) is 0.764. The van der Waals surface area contributed by atoms with Crippen molar-refractivity contribution in [1.29, 1.82) is 5.26 Å². The van der Waals surface area contributed by atoms with E-state index < -0.39 is 0 Å².